The van der Waals surface area contributed by atoms with Gasteiger partial charge in [-0.15, -0.1) is 0 Å². The van der Waals surface area contributed by atoms with Crippen LogP contribution in [-0.4, -0.2) is 48.8 Å². The monoisotopic (exact) mass is 200 g/mol. The molecule has 0 aliphatic carbocycles. The zero-order valence-electron chi connectivity index (χ0n) is 9.45. The second kappa shape index (κ2) is 6.37. The maximum atomic E-state index is 10.9. The first-order chi connectivity index (χ1) is 6.43. The lowest BCUT2D eigenvalue weighted by molar-refractivity contribution is 0.207. The predicted octanol–water partition coefficient (Wildman–Crippen LogP) is 0.715. The maximum Gasteiger partial charge on any atom is 0.335 e. The van der Waals surface area contributed by atoms with Gasteiger partial charge in [0.05, 0.1) is 0 Å². The second-order valence-electron chi connectivity index (χ2n) is 3.67. The molecule has 0 radical (unpaired) electrons. The van der Waals surface area contributed by atoms with Gasteiger partial charge in [0.15, 0.2) is 0 Å². The predicted molar refractivity (Wildman–Crippen MR) is 58.2 cm³/mol. The van der Waals surface area contributed by atoms with Crippen molar-refractivity contribution >= 4 is 11.7 Å². The van der Waals surface area contributed by atoms with Crippen LogP contribution in [0.25, 0.3) is 0 Å². The second-order valence-corrected chi connectivity index (χ2v) is 3.67. The molecule has 0 heterocycles. The molecule has 5 nitrogen and oxygen atoms in total. The number of hydrogen-bond acceptors (Lipinski definition) is 3. The number of primary amides is 1. The topological polar surface area (TPSA) is 61.9 Å². The van der Waals surface area contributed by atoms with Gasteiger partial charge in [0.25, 0.3) is 0 Å². The van der Waals surface area contributed by atoms with E-state index in [0.717, 1.165) is 18.7 Å². The van der Waals surface area contributed by atoms with Crippen LogP contribution < -0.4 is 5.73 Å². The van der Waals surface area contributed by atoms with Crippen molar-refractivity contribution in [2.24, 2.45) is 10.8 Å². The summed E-state index contributed by atoms with van der Waals surface area (Å²) < 4.78 is 0. The van der Waals surface area contributed by atoms with Gasteiger partial charge in [0, 0.05) is 12.3 Å². The Labute approximate surface area is 85.5 Å². The summed E-state index contributed by atoms with van der Waals surface area (Å²) in [6.45, 7) is 5.16. The number of carbonyl (C=O) groups is 1. The normalized spacial score (nSPS) is 10.1. The van der Waals surface area contributed by atoms with E-state index in [0.29, 0.717) is 6.54 Å². The van der Waals surface area contributed by atoms with E-state index in [1.165, 1.54) is 5.01 Å². The van der Waals surface area contributed by atoms with Crippen molar-refractivity contribution in [3.63, 3.8) is 0 Å². The lowest BCUT2D eigenvalue weighted by Gasteiger charge is -2.16. The quantitative estimate of drug-likeness (QED) is 0.525. The molecule has 0 bridgehead atoms. The molecular weight excluding hydrogens is 180 g/mol. The van der Waals surface area contributed by atoms with Gasteiger partial charge in [-0.2, -0.15) is 5.10 Å². The van der Waals surface area contributed by atoms with Gasteiger partial charge in [-0.25, -0.2) is 9.80 Å². The lowest BCUT2D eigenvalue weighted by atomic mass is 10.4. The average Bonchev–Trinajstić information content (AvgIpc) is 2.00. The van der Waals surface area contributed by atoms with Crippen LogP contribution in [0.5, 0.6) is 0 Å². The van der Waals surface area contributed by atoms with Crippen molar-refractivity contribution < 1.29 is 4.79 Å². The Bertz CT molecular complexity index is 209. The Hall–Kier alpha value is -1.10. The lowest BCUT2D eigenvalue weighted by Crippen LogP contribution is -2.34. The summed E-state index contributed by atoms with van der Waals surface area (Å²) in [5, 5.41) is 5.33. The van der Waals surface area contributed by atoms with E-state index in [9.17, 15) is 4.79 Å². The first kappa shape index (κ1) is 12.9. The number of amides is 2. The minimum Gasteiger partial charge on any atom is -0.350 e. The molecule has 0 spiro atoms. The Morgan fingerprint density at radius 3 is 2.21 bits per heavy atom. The van der Waals surface area contributed by atoms with E-state index in [2.05, 4.69) is 10.0 Å². The van der Waals surface area contributed by atoms with E-state index in [4.69, 9.17) is 5.73 Å². The molecule has 0 fully saturated rings. The zero-order valence-corrected chi connectivity index (χ0v) is 9.45. The molecule has 2 amide bonds. The Morgan fingerprint density at radius 1 is 1.29 bits per heavy atom. The van der Waals surface area contributed by atoms with Crippen molar-refractivity contribution in [3.8, 4) is 0 Å². The molecule has 2 N–H and O–H groups in total. The van der Waals surface area contributed by atoms with Gasteiger partial charge in [-0.05, 0) is 40.9 Å². The molecule has 0 aliphatic heterocycles. The van der Waals surface area contributed by atoms with Crippen LogP contribution in [0.15, 0.2) is 5.10 Å². The summed E-state index contributed by atoms with van der Waals surface area (Å²) >= 11 is 0. The van der Waals surface area contributed by atoms with E-state index in [1.54, 1.807) is 0 Å². The van der Waals surface area contributed by atoms with Gasteiger partial charge in [-0.1, -0.05) is 0 Å². The van der Waals surface area contributed by atoms with Crippen LogP contribution in [0, 0.1) is 0 Å². The highest BCUT2D eigenvalue weighted by molar-refractivity contribution is 5.81. The zero-order chi connectivity index (χ0) is 11.1. The first-order valence-electron chi connectivity index (χ1n) is 4.67. The fourth-order valence-corrected chi connectivity index (χ4v) is 0.988. The number of rotatable bonds is 5. The molecule has 0 saturated carbocycles. The first-order valence-corrected chi connectivity index (χ1v) is 4.67. The summed E-state index contributed by atoms with van der Waals surface area (Å²) in [7, 11) is 3.98. The van der Waals surface area contributed by atoms with Gasteiger partial charge in [0.2, 0.25) is 0 Å². The third kappa shape index (κ3) is 6.42. The molecule has 0 unspecified atom stereocenters. The van der Waals surface area contributed by atoms with Crippen molar-refractivity contribution in [2.75, 3.05) is 27.2 Å². The summed E-state index contributed by atoms with van der Waals surface area (Å²) in [5.41, 5.74) is 6.00. The number of carbonyl (C=O) groups excluding carboxylic acids is 1. The highest BCUT2D eigenvalue weighted by Crippen LogP contribution is 1.94. The van der Waals surface area contributed by atoms with Crippen LogP contribution in [-0.2, 0) is 0 Å². The summed E-state index contributed by atoms with van der Waals surface area (Å²) in [5.74, 6) is 0. The molecule has 82 valence electrons. The Balaban J connectivity index is 3.99. The molecule has 0 atom stereocenters. The number of nitrogens with zero attached hydrogens (tertiary/aromatic N) is 3. The molecule has 0 rings (SSSR count). The molecule has 14 heavy (non-hydrogen) atoms. The minimum atomic E-state index is -0.495. The van der Waals surface area contributed by atoms with Crippen LogP contribution in [0.1, 0.15) is 20.3 Å². The maximum absolute atomic E-state index is 10.9. The fourth-order valence-electron chi connectivity index (χ4n) is 0.988. The third-order valence-corrected chi connectivity index (χ3v) is 1.55. The van der Waals surface area contributed by atoms with E-state index in [-0.39, 0.29) is 0 Å². The summed E-state index contributed by atoms with van der Waals surface area (Å²) in [6, 6.07) is -0.495. The number of hydrogen-bond donors (Lipinski definition) is 1. The van der Waals surface area contributed by atoms with Crippen LogP contribution in [0.4, 0.5) is 4.79 Å². The van der Waals surface area contributed by atoms with Crippen molar-refractivity contribution in [1.29, 1.82) is 0 Å². The van der Waals surface area contributed by atoms with Gasteiger partial charge in [-0.3, -0.25) is 0 Å². The molecular formula is C9H20N4O. The summed E-state index contributed by atoms with van der Waals surface area (Å²) in [4.78, 5) is 13.0. The van der Waals surface area contributed by atoms with Crippen LogP contribution in [0.3, 0.4) is 0 Å². The van der Waals surface area contributed by atoms with Gasteiger partial charge in [0.1, 0.15) is 0 Å². The third-order valence-electron chi connectivity index (χ3n) is 1.55. The highest BCUT2D eigenvalue weighted by atomic mass is 16.2. The van der Waals surface area contributed by atoms with E-state index >= 15 is 0 Å². The van der Waals surface area contributed by atoms with Crippen molar-refractivity contribution in [3.05, 3.63) is 0 Å². The van der Waals surface area contributed by atoms with Crippen LogP contribution in [0.2, 0.25) is 0 Å². The molecule has 0 aromatic carbocycles. The SMILES string of the molecule is CC(C)=NN(CCCN(C)C)C(N)=O. The molecule has 0 aliphatic rings. The van der Waals surface area contributed by atoms with Gasteiger partial charge >= 0.3 is 6.03 Å². The smallest absolute Gasteiger partial charge is 0.335 e. The molecule has 0 aromatic heterocycles. The van der Waals surface area contributed by atoms with Crippen LogP contribution >= 0.6 is 0 Å². The van der Waals surface area contributed by atoms with Gasteiger partial charge < -0.3 is 10.6 Å². The largest absolute Gasteiger partial charge is 0.350 e. The highest BCUT2D eigenvalue weighted by Gasteiger charge is 2.07. The Morgan fingerprint density at radius 2 is 1.86 bits per heavy atom. The molecule has 0 saturated heterocycles. The number of hydrazone groups is 1. The molecule has 0 aromatic rings. The standard InChI is InChI=1S/C9H20N4O/c1-8(2)11-13(9(10)14)7-5-6-12(3)4/h5-7H2,1-4H3,(H2,10,14). The number of nitrogens with two attached hydrogens (primary N) is 1. The van der Waals surface area contributed by atoms with Crippen molar-refractivity contribution in [1.82, 2.24) is 9.91 Å². The van der Waals surface area contributed by atoms with Crippen molar-refractivity contribution in [2.45, 2.75) is 20.3 Å². The minimum absolute atomic E-state index is 0.495. The fraction of sp³-hybridized carbons (Fsp3) is 0.778. The number of urea groups is 1. The van der Waals surface area contributed by atoms with E-state index in [1.807, 2.05) is 27.9 Å². The summed E-state index contributed by atoms with van der Waals surface area (Å²) in [6.07, 6.45) is 0.868. The Kier molecular flexibility index (Phi) is 5.87. The molecule has 5 heteroatoms. The van der Waals surface area contributed by atoms with E-state index < -0.39 is 6.03 Å². The average molecular weight is 200 g/mol.